The Hall–Kier alpha value is -0.160. The van der Waals surface area contributed by atoms with E-state index in [0.717, 1.165) is 0 Å². The highest BCUT2D eigenvalue weighted by Crippen LogP contribution is 2.35. The first kappa shape index (κ1) is 6.54. The summed E-state index contributed by atoms with van der Waals surface area (Å²) in [6.45, 7) is 0. The molecule has 0 aromatic heterocycles. The zero-order valence-corrected chi connectivity index (χ0v) is 5.34. The third kappa shape index (κ3) is 0.645. The molecule has 0 aromatic rings. The number of fused-ring (bicyclic) bond motifs is 2. The van der Waals surface area contributed by atoms with Crippen LogP contribution in [0.5, 0.6) is 0 Å². The van der Waals surface area contributed by atoms with Crippen LogP contribution in [-0.4, -0.2) is 45.8 Å². The molecule has 3 aliphatic rings. The molecule has 2 saturated heterocycles. The van der Waals surface area contributed by atoms with Crippen molar-refractivity contribution in [2.75, 3.05) is 0 Å². The molecular weight excluding hydrogens is 136 g/mol. The topological polar surface area (TPSA) is 69.9 Å². The lowest BCUT2D eigenvalue weighted by atomic mass is 9.82. The van der Waals surface area contributed by atoms with E-state index in [1.54, 1.807) is 0 Å². The van der Waals surface area contributed by atoms with Crippen LogP contribution in [0.25, 0.3) is 0 Å². The van der Waals surface area contributed by atoms with Gasteiger partial charge in [-0.25, -0.2) is 0 Å². The van der Waals surface area contributed by atoms with Crippen molar-refractivity contribution >= 4 is 0 Å². The summed E-state index contributed by atoms with van der Waals surface area (Å²) in [6, 6.07) is 0. The van der Waals surface area contributed by atoms with Gasteiger partial charge in [-0.2, -0.15) is 0 Å². The van der Waals surface area contributed by atoms with Crippen LogP contribution in [-0.2, 0) is 4.74 Å². The molecule has 0 amide bonds. The maximum Gasteiger partial charge on any atom is 0.111 e. The fraction of sp³-hybridized carbons (Fsp3) is 1.00. The van der Waals surface area contributed by atoms with Crippen molar-refractivity contribution in [1.29, 1.82) is 0 Å². The van der Waals surface area contributed by atoms with E-state index in [-0.39, 0.29) is 12.2 Å². The molecule has 0 radical (unpaired) electrons. The van der Waals surface area contributed by atoms with Gasteiger partial charge in [-0.3, -0.25) is 0 Å². The van der Waals surface area contributed by atoms with Gasteiger partial charge in [0.05, 0.1) is 12.2 Å². The van der Waals surface area contributed by atoms with Crippen molar-refractivity contribution in [3.8, 4) is 0 Å². The van der Waals surface area contributed by atoms with Crippen molar-refractivity contribution in [1.82, 2.24) is 0 Å². The Morgan fingerprint density at radius 1 is 0.900 bits per heavy atom. The van der Waals surface area contributed by atoms with Crippen molar-refractivity contribution in [3.05, 3.63) is 0 Å². The summed E-state index contributed by atoms with van der Waals surface area (Å²) >= 11 is 0. The highest BCUT2D eigenvalue weighted by atomic mass is 16.6. The number of aliphatic hydroxyl groups excluding tert-OH is 3. The molecule has 0 unspecified atom stereocenters. The summed E-state index contributed by atoms with van der Waals surface area (Å²) in [7, 11) is 0. The molecule has 3 N–H and O–H groups in total. The van der Waals surface area contributed by atoms with Gasteiger partial charge in [-0.15, -0.1) is 0 Å². The highest BCUT2D eigenvalue weighted by Gasteiger charge is 2.51. The van der Waals surface area contributed by atoms with E-state index in [2.05, 4.69) is 0 Å². The summed E-state index contributed by atoms with van der Waals surface area (Å²) in [5.74, 6) is 0. The molecule has 0 aromatic carbocycles. The molecule has 3 fully saturated rings. The fourth-order valence-electron chi connectivity index (χ4n) is 1.52. The minimum Gasteiger partial charge on any atom is -0.388 e. The Bertz CT molecular complexity index is 125. The Morgan fingerprint density at radius 2 is 1.30 bits per heavy atom. The lowest BCUT2D eigenvalue weighted by Crippen LogP contribution is -2.65. The predicted octanol–water partition coefficient (Wildman–Crippen LogP) is -1.76. The van der Waals surface area contributed by atoms with Crippen LogP contribution in [0.1, 0.15) is 6.42 Å². The summed E-state index contributed by atoms with van der Waals surface area (Å²) in [4.78, 5) is 0. The van der Waals surface area contributed by atoms with Gasteiger partial charge >= 0.3 is 0 Å². The van der Waals surface area contributed by atoms with Gasteiger partial charge in [0.15, 0.2) is 0 Å². The molecule has 10 heavy (non-hydrogen) atoms. The molecule has 4 nitrogen and oxygen atoms in total. The summed E-state index contributed by atoms with van der Waals surface area (Å²) in [5.41, 5.74) is 0. The van der Waals surface area contributed by atoms with Crippen molar-refractivity contribution in [2.45, 2.75) is 36.9 Å². The quantitative estimate of drug-likeness (QED) is 0.378. The first-order valence-electron chi connectivity index (χ1n) is 3.40. The monoisotopic (exact) mass is 146 g/mol. The van der Waals surface area contributed by atoms with Gasteiger partial charge in [0.2, 0.25) is 0 Å². The van der Waals surface area contributed by atoms with Crippen LogP contribution < -0.4 is 0 Å². The van der Waals surface area contributed by atoms with Gasteiger partial charge in [0, 0.05) is 6.42 Å². The van der Waals surface area contributed by atoms with E-state index < -0.39 is 18.3 Å². The van der Waals surface area contributed by atoms with Gasteiger partial charge < -0.3 is 20.1 Å². The van der Waals surface area contributed by atoms with E-state index in [9.17, 15) is 0 Å². The van der Waals surface area contributed by atoms with Gasteiger partial charge in [0.25, 0.3) is 0 Å². The second kappa shape index (κ2) is 1.92. The SMILES string of the molecule is OC1[C@H](O)[C@@H]2C[C@H](O2)[C@H]1O. The Balaban J connectivity index is 2.11. The highest BCUT2D eigenvalue weighted by molar-refractivity contribution is 5.00. The lowest BCUT2D eigenvalue weighted by Gasteiger charge is -2.49. The van der Waals surface area contributed by atoms with Crippen LogP contribution in [0, 0.1) is 0 Å². The molecular formula is C6H10O4. The molecule has 1 saturated carbocycles. The molecule has 2 aliphatic heterocycles. The number of aliphatic hydroxyl groups is 3. The summed E-state index contributed by atoms with van der Waals surface area (Å²) < 4.78 is 5.01. The number of hydrogen-bond donors (Lipinski definition) is 3. The zero-order valence-electron chi connectivity index (χ0n) is 5.34. The van der Waals surface area contributed by atoms with Crippen LogP contribution in [0.3, 0.4) is 0 Å². The molecule has 0 spiro atoms. The molecule has 4 heteroatoms. The lowest BCUT2D eigenvalue weighted by molar-refractivity contribution is -0.288. The minimum absolute atomic E-state index is 0.247. The van der Waals surface area contributed by atoms with Crippen LogP contribution in [0.4, 0.5) is 0 Å². The van der Waals surface area contributed by atoms with Crippen LogP contribution in [0.2, 0.25) is 0 Å². The van der Waals surface area contributed by atoms with E-state index in [1.807, 2.05) is 0 Å². The minimum atomic E-state index is -1.02. The van der Waals surface area contributed by atoms with Crippen molar-refractivity contribution in [2.24, 2.45) is 0 Å². The smallest absolute Gasteiger partial charge is 0.111 e. The zero-order chi connectivity index (χ0) is 7.30. The van der Waals surface area contributed by atoms with Gasteiger partial charge in [-0.05, 0) is 0 Å². The third-order valence-electron chi connectivity index (χ3n) is 2.28. The molecule has 2 bridgehead atoms. The third-order valence-corrected chi connectivity index (χ3v) is 2.28. The average Bonchev–Trinajstić information content (AvgIpc) is 1.78. The molecule has 58 valence electrons. The molecule has 4 atom stereocenters. The second-order valence-corrected chi connectivity index (χ2v) is 2.92. The van der Waals surface area contributed by atoms with E-state index in [4.69, 9.17) is 20.1 Å². The largest absolute Gasteiger partial charge is 0.388 e. The predicted molar refractivity (Wildman–Crippen MR) is 31.3 cm³/mol. The summed E-state index contributed by atoms with van der Waals surface area (Å²) in [6.07, 6.45) is -2.65. The fourth-order valence-corrected chi connectivity index (χ4v) is 1.52. The number of ether oxygens (including phenoxy) is 1. The van der Waals surface area contributed by atoms with E-state index >= 15 is 0 Å². The number of rotatable bonds is 0. The molecule has 2 heterocycles. The second-order valence-electron chi connectivity index (χ2n) is 2.92. The van der Waals surface area contributed by atoms with Crippen molar-refractivity contribution < 1.29 is 20.1 Å². The maximum atomic E-state index is 9.12. The van der Waals surface area contributed by atoms with E-state index in [1.165, 1.54) is 0 Å². The standard InChI is InChI=1S/C6H10O4/c7-4-2-1-3(10-2)5(8)6(4)9/h2-9H,1H2/t2-,3-,4+,5+/m0/s1. The van der Waals surface area contributed by atoms with Gasteiger partial charge in [-0.1, -0.05) is 0 Å². The molecule has 1 aliphatic carbocycles. The maximum absolute atomic E-state index is 9.12. The first-order chi connectivity index (χ1) is 4.70. The summed E-state index contributed by atoms with van der Waals surface area (Å²) in [5, 5.41) is 27.3. The Kier molecular flexibility index (Phi) is 1.25. The van der Waals surface area contributed by atoms with E-state index in [0.29, 0.717) is 6.42 Å². The number of hydrogen-bond acceptors (Lipinski definition) is 4. The van der Waals surface area contributed by atoms with Crippen LogP contribution >= 0.6 is 0 Å². The average molecular weight is 146 g/mol. The molecule has 3 rings (SSSR count). The Labute approximate surface area is 58.0 Å². The van der Waals surface area contributed by atoms with Crippen LogP contribution in [0.15, 0.2) is 0 Å². The normalized spacial score (nSPS) is 59.7. The van der Waals surface area contributed by atoms with Crippen molar-refractivity contribution in [3.63, 3.8) is 0 Å². The Morgan fingerprint density at radius 3 is 1.60 bits per heavy atom. The van der Waals surface area contributed by atoms with Gasteiger partial charge in [0.1, 0.15) is 18.3 Å². The first-order valence-corrected chi connectivity index (χ1v) is 3.40.